The molecule has 5 heteroatoms. The van der Waals surface area contributed by atoms with E-state index in [-0.39, 0.29) is 0 Å². The topological polar surface area (TPSA) is 21.3 Å². The Labute approximate surface area is 98.8 Å². The molecule has 0 bridgehead atoms. The fraction of sp³-hybridized carbons (Fsp3) is 0.500. The van der Waals surface area contributed by atoms with Crippen LogP contribution in [0.3, 0.4) is 0 Å². The number of ether oxygens (including phenoxy) is 1. The molecule has 0 spiro atoms. The average Bonchev–Trinajstić information content (AvgIpc) is 2.22. The first-order chi connectivity index (χ1) is 7.97. The molecule has 0 amide bonds. The highest BCUT2D eigenvalue weighted by molar-refractivity contribution is 5.27. The molecule has 0 saturated heterocycles. The van der Waals surface area contributed by atoms with Crippen LogP contribution >= 0.6 is 0 Å². The Bertz CT molecular complexity index is 339. The molecule has 0 aromatic heterocycles. The van der Waals surface area contributed by atoms with E-state index in [9.17, 15) is 13.2 Å². The zero-order valence-corrected chi connectivity index (χ0v) is 9.68. The maximum Gasteiger partial charge on any atom is 0.401 e. The van der Waals surface area contributed by atoms with Gasteiger partial charge in [0.25, 0.3) is 0 Å². The van der Waals surface area contributed by atoms with Crippen molar-refractivity contribution in [3.8, 4) is 5.75 Å². The molecule has 1 aromatic carbocycles. The standard InChI is InChI=1S/C12H16F3NO/c1-10-4-2-5-11(8-10)17-7-3-6-16-9-12(13,14)15/h2,4-5,8,16H,3,6-7,9H2,1H3. The fourth-order valence-electron chi connectivity index (χ4n) is 1.32. The van der Waals surface area contributed by atoms with E-state index in [1.165, 1.54) is 0 Å². The van der Waals surface area contributed by atoms with Crippen LogP contribution in [0.5, 0.6) is 5.75 Å². The molecule has 0 aliphatic carbocycles. The van der Waals surface area contributed by atoms with Gasteiger partial charge in [-0.2, -0.15) is 13.2 Å². The normalized spacial score (nSPS) is 11.5. The van der Waals surface area contributed by atoms with Crippen LogP contribution in [-0.4, -0.2) is 25.9 Å². The maximum atomic E-state index is 11.8. The Kier molecular flexibility index (Phi) is 5.28. The second kappa shape index (κ2) is 6.49. The van der Waals surface area contributed by atoms with Crippen molar-refractivity contribution < 1.29 is 17.9 Å². The number of rotatable bonds is 6. The quantitative estimate of drug-likeness (QED) is 0.780. The zero-order chi connectivity index (χ0) is 12.7. The van der Waals surface area contributed by atoms with Crippen molar-refractivity contribution in [3.05, 3.63) is 29.8 Å². The Morgan fingerprint density at radius 3 is 2.71 bits per heavy atom. The third-order valence-corrected chi connectivity index (χ3v) is 2.08. The van der Waals surface area contributed by atoms with Crippen LogP contribution < -0.4 is 10.1 Å². The molecule has 0 unspecified atom stereocenters. The predicted octanol–water partition coefficient (Wildman–Crippen LogP) is 2.92. The van der Waals surface area contributed by atoms with Gasteiger partial charge >= 0.3 is 6.18 Å². The van der Waals surface area contributed by atoms with E-state index in [0.717, 1.165) is 11.3 Å². The van der Waals surface area contributed by atoms with E-state index in [0.29, 0.717) is 19.6 Å². The van der Waals surface area contributed by atoms with Crippen LogP contribution in [-0.2, 0) is 0 Å². The van der Waals surface area contributed by atoms with E-state index >= 15 is 0 Å². The molecule has 0 radical (unpaired) electrons. The third kappa shape index (κ3) is 6.84. The van der Waals surface area contributed by atoms with Crippen LogP contribution in [0, 0.1) is 6.92 Å². The van der Waals surface area contributed by atoms with Gasteiger partial charge in [-0.3, -0.25) is 0 Å². The highest BCUT2D eigenvalue weighted by Gasteiger charge is 2.25. The SMILES string of the molecule is Cc1cccc(OCCCNCC(F)(F)F)c1. The highest BCUT2D eigenvalue weighted by Crippen LogP contribution is 2.13. The summed E-state index contributed by atoms with van der Waals surface area (Å²) in [5, 5.41) is 2.32. The van der Waals surface area contributed by atoms with Gasteiger partial charge in [-0.1, -0.05) is 12.1 Å². The number of hydrogen-bond donors (Lipinski definition) is 1. The van der Waals surface area contributed by atoms with E-state index in [1.807, 2.05) is 31.2 Å². The van der Waals surface area contributed by atoms with Gasteiger partial charge in [0, 0.05) is 0 Å². The van der Waals surface area contributed by atoms with Crippen LogP contribution in [0.25, 0.3) is 0 Å². The van der Waals surface area contributed by atoms with Crippen LogP contribution in [0.1, 0.15) is 12.0 Å². The minimum atomic E-state index is -4.14. The number of hydrogen-bond acceptors (Lipinski definition) is 2. The number of nitrogens with one attached hydrogen (secondary N) is 1. The molecule has 0 aliphatic heterocycles. The lowest BCUT2D eigenvalue weighted by Crippen LogP contribution is -2.30. The number of benzene rings is 1. The minimum Gasteiger partial charge on any atom is -0.494 e. The maximum absolute atomic E-state index is 11.8. The Balaban J connectivity index is 2.09. The summed E-state index contributed by atoms with van der Waals surface area (Å²) in [6, 6.07) is 7.56. The second-order valence-corrected chi connectivity index (χ2v) is 3.81. The molecule has 96 valence electrons. The van der Waals surface area contributed by atoms with Gasteiger partial charge in [-0.25, -0.2) is 0 Å². The highest BCUT2D eigenvalue weighted by atomic mass is 19.4. The lowest BCUT2D eigenvalue weighted by molar-refractivity contribution is -0.124. The number of aryl methyl sites for hydroxylation is 1. The largest absolute Gasteiger partial charge is 0.494 e. The van der Waals surface area contributed by atoms with E-state index in [4.69, 9.17) is 4.74 Å². The van der Waals surface area contributed by atoms with Gasteiger partial charge in [0.15, 0.2) is 0 Å². The molecule has 1 aromatic rings. The van der Waals surface area contributed by atoms with Crippen LogP contribution in [0.15, 0.2) is 24.3 Å². The Morgan fingerprint density at radius 2 is 2.06 bits per heavy atom. The van der Waals surface area contributed by atoms with Gasteiger partial charge in [0.2, 0.25) is 0 Å². The van der Waals surface area contributed by atoms with Crippen molar-refractivity contribution in [2.24, 2.45) is 0 Å². The van der Waals surface area contributed by atoms with Gasteiger partial charge in [0.05, 0.1) is 13.2 Å². The van der Waals surface area contributed by atoms with Crippen LogP contribution in [0.2, 0.25) is 0 Å². The van der Waals surface area contributed by atoms with Crippen molar-refractivity contribution >= 4 is 0 Å². The minimum absolute atomic E-state index is 0.297. The smallest absolute Gasteiger partial charge is 0.401 e. The molecular weight excluding hydrogens is 231 g/mol. The molecule has 17 heavy (non-hydrogen) atoms. The molecule has 0 heterocycles. The molecule has 0 saturated carbocycles. The summed E-state index contributed by atoms with van der Waals surface area (Å²) in [6.45, 7) is 1.72. The summed E-state index contributed by atoms with van der Waals surface area (Å²) in [5.41, 5.74) is 1.10. The lowest BCUT2D eigenvalue weighted by Gasteiger charge is -2.09. The fourth-order valence-corrected chi connectivity index (χ4v) is 1.32. The van der Waals surface area contributed by atoms with Crippen molar-refractivity contribution in [1.82, 2.24) is 5.32 Å². The summed E-state index contributed by atoms with van der Waals surface area (Å²) >= 11 is 0. The summed E-state index contributed by atoms with van der Waals surface area (Å²) in [6.07, 6.45) is -3.60. The van der Waals surface area contributed by atoms with Gasteiger partial charge in [0.1, 0.15) is 5.75 Å². The number of halogens is 3. The van der Waals surface area contributed by atoms with Crippen LogP contribution in [0.4, 0.5) is 13.2 Å². The lowest BCUT2D eigenvalue weighted by atomic mass is 10.2. The summed E-state index contributed by atoms with van der Waals surface area (Å²) < 4.78 is 40.7. The first-order valence-electron chi connectivity index (χ1n) is 5.44. The Morgan fingerprint density at radius 1 is 1.29 bits per heavy atom. The summed E-state index contributed by atoms with van der Waals surface area (Å²) in [5.74, 6) is 0.751. The predicted molar refractivity (Wildman–Crippen MR) is 60.2 cm³/mol. The molecule has 1 N–H and O–H groups in total. The number of alkyl halides is 3. The summed E-state index contributed by atoms with van der Waals surface area (Å²) in [4.78, 5) is 0. The van der Waals surface area contributed by atoms with Crippen molar-refractivity contribution in [2.75, 3.05) is 19.7 Å². The molecule has 2 nitrogen and oxygen atoms in total. The van der Waals surface area contributed by atoms with E-state index in [1.54, 1.807) is 0 Å². The second-order valence-electron chi connectivity index (χ2n) is 3.81. The van der Waals surface area contributed by atoms with E-state index < -0.39 is 12.7 Å². The third-order valence-electron chi connectivity index (χ3n) is 2.08. The monoisotopic (exact) mass is 247 g/mol. The molecule has 0 atom stereocenters. The first kappa shape index (κ1) is 13.8. The van der Waals surface area contributed by atoms with E-state index in [2.05, 4.69) is 5.32 Å². The summed E-state index contributed by atoms with van der Waals surface area (Å²) in [7, 11) is 0. The first-order valence-corrected chi connectivity index (χ1v) is 5.44. The van der Waals surface area contributed by atoms with Gasteiger partial charge in [-0.15, -0.1) is 0 Å². The molecule has 1 rings (SSSR count). The zero-order valence-electron chi connectivity index (χ0n) is 9.68. The average molecular weight is 247 g/mol. The van der Waals surface area contributed by atoms with Gasteiger partial charge < -0.3 is 10.1 Å². The molecule has 0 fully saturated rings. The molecular formula is C12H16F3NO. The van der Waals surface area contributed by atoms with Crippen molar-refractivity contribution in [1.29, 1.82) is 0 Å². The molecule has 0 aliphatic rings. The van der Waals surface area contributed by atoms with Crippen molar-refractivity contribution in [3.63, 3.8) is 0 Å². The van der Waals surface area contributed by atoms with Crippen molar-refractivity contribution in [2.45, 2.75) is 19.5 Å². The Hall–Kier alpha value is -1.23. The van der Waals surface area contributed by atoms with Gasteiger partial charge in [-0.05, 0) is 37.6 Å².